The van der Waals surface area contributed by atoms with Gasteiger partial charge < -0.3 is 30.3 Å². The van der Waals surface area contributed by atoms with Crippen LogP contribution in [0.25, 0.3) is 39.0 Å². The van der Waals surface area contributed by atoms with Crippen molar-refractivity contribution in [2.24, 2.45) is 7.05 Å². The molecule has 0 saturated carbocycles. The molecule has 7 rings (SSSR count). The molecule has 0 bridgehead atoms. The fourth-order valence-corrected chi connectivity index (χ4v) is 7.96. The Bertz CT molecular complexity index is 2460. The van der Waals surface area contributed by atoms with Crippen molar-refractivity contribution >= 4 is 46.6 Å². The van der Waals surface area contributed by atoms with Gasteiger partial charge in [-0.3, -0.25) is 19.0 Å². The lowest BCUT2D eigenvalue weighted by atomic mass is 9.97. The summed E-state index contributed by atoms with van der Waals surface area (Å²) in [5.41, 5.74) is 4.08. The summed E-state index contributed by atoms with van der Waals surface area (Å²) in [5, 5.41) is 14.8. The minimum atomic E-state index is -0.712. The number of rotatable bonds is 12. The Balaban J connectivity index is 1.14. The van der Waals surface area contributed by atoms with E-state index in [1.807, 2.05) is 48.5 Å². The van der Waals surface area contributed by atoms with E-state index >= 15 is 0 Å². The molecule has 2 aromatic carbocycles. The van der Waals surface area contributed by atoms with E-state index in [9.17, 15) is 19.2 Å². The summed E-state index contributed by atoms with van der Waals surface area (Å²) in [6, 6.07) is 16.6. The Hall–Kier alpha value is -5.44. The van der Waals surface area contributed by atoms with Crippen LogP contribution in [0.5, 0.6) is 5.88 Å². The summed E-state index contributed by atoms with van der Waals surface area (Å²) in [6.45, 7) is 6.76. The number of methoxy groups -OCH3 is 1. The quantitative estimate of drug-likeness (QED) is 0.135. The zero-order chi connectivity index (χ0) is 41.3. The SMILES string of the molecule is COc1nc(-c2cccc(-c3cccc(-c4cc5c(=O)n(C)c(CNC[C@@H]6CCC(=O)N6)nn5c4)c3Cl)c2Cl)ccc1CN(C[C@@H]1CCC(=O)N1)C(=O)OC(C)(C)C. The molecular formula is C42H46Cl2N8O6. The van der Waals surface area contributed by atoms with Gasteiger partial charge in [-0.15, -0.1) is 0 Å². The van der Waals surface area contributed by atoms with Crippen molar-refractivity contribution in [3.8, 4) is 39.4 Å². The second-order valence-corrected chi connectivity index (χ2v) is 16.4. The number of carbonyl (C=O) groups is 3. The van der Waals surface area contributed by atoms with Gasteiger partial charge >= 0.3 is 6.09 Å². The second-order valence-electron chi connectivity index (χ2n) is 15.6. The van der Waals surface area contributed by atoms with Gasteiger partial charge in [-0.1, -0.05) is 59.6 Å². The predicted molar refractivity (Wildman–Crippen MR) is 222 cm³/mol. The van der Waals surface area contributed by atoms with Gasteiger partial charge in [0, 0.05) is 84.6 Å². The molecule has 3 amide bonds. The van der Waals surface area contributed by atoms with Crippen LogP contribution in [-0.4, -0.2) is 79.9 Å². The van der Waals surface area contributed by atoms with Crippen LogP contribution in [0.4, 0.5) is 4.79 Å². The first-order chi connectivity index (χ1) is 27.7. The van der Waals surface area contributed by atoms with Crippen molar-refractivity contribution in [3.05, 3.63) is 92.6 Å². The maximum absolute atomic E-state index is 13.4. The third-order valence-electron chi connectivity index (χ3n) is 10.2. The summed E-state index contributed by atoms with van der Waals surface area (Å²) in [7, 11) is 3.20. The zero-order valence-electron chi connectivity index (χ0n) is 33.0. The molecule has 16 heteroatoms. The van der Waals surface area contributed by atoms with Gasteiger partial charge in [0.05, 0.1) is 35.9 Å². The molecule has 5 heterocycles. The highest BCUT2D eigenvalue weighted by Gasteiger charge is 2.30. The molecule has 3 aromatic heterocycles. The van der Waals surface area contributed by atoms with Crippen LogP contribution >= 0.6 is 23.2 Å². The van der Waals surface area contributed by atoms with Crippen LogP contribution < -0.4 is 26.2 Å². The maximum Gasteiger partial charge on any atom is 0.410 e. The summed E-state index contributed by atoms with van der Waals surface area (Å²) < 4.78 is 14.5. The third-order valence-corrected chi connectivity index (χ3v) is 11.1. The smallest absolute Gasteiger partial charge is 0.410 e. The van der Waals surface area contributed by atoms with Gasteiger partial charge in [-0.05, 0) is 51.8 Å². The number of nitrogens with one attached hydrogen (secondary N) is 3. The van der Waals surface area contributed by atoms with Crippen LogP contribution in [0.15, 0.2) is 65.6 Å². The van der Waals surface area contributed by atoms with E-state index in [-0.39, 0.29) is 42.5 Å². The first-order valence-electron chi connectivity index (χ1n) is 19.2. The second kappa shape index (κ2) is 16.8. The van der Waals surface area contributed by atoms with Gasteiger partial charge in [-0.2, -0.15) is 5.10 Å². The fraction of sp³-hybridized carbons (Fsp3) is 0.381. The topological polar surface area (TPSA) is 161 Å². The van der Waals surface area contributed by atoms with E-state index < -0.39 is 11.7 Å². The summed E-state index contributed by atoms with van der Waals surface area (Å²) >= 11 is 14.3. The van der Waals surface area contributed by atoms with Crippen molar-refractivity contribution in [2.75, 3.05) is 20.2 Å². The zero-order valence-corrected chi connectivity index (χ0v) is 34.5. The van der Waals surface area contributed by atoms with Gasteiger partial charge in [0.25, 0.3) is 5.56 Å². The average Bonchev–Trinajstić information content (AvgIpc) is 3.92. The monoisotopic (exact) mass is 828 g/mol. The molecular weight excluding hydrogens is 783 g/mol. The molecule has 2 fully saturated rings. The molecule has 14 nitrogen and oxygen atoms in total. The standard InChI is InChI=1S/C42H46Cl2N8O6/c1-42(2,3)58-41(56)51(23-27-14-17-36(54)47-27)21-24-12-15-32(48-39(24)57-5)31-11-7-10-30(38(31)44)29-9-6-8-28(37(29)43)25-18-33-40(55)50(4)34(49-52(33)22-25)20-45-19-26-13-16-35(53)46-26/h6-12,15,18,22,26-27,45H,13-14,16-17,19-21,23H2,1-5H3,(H,46,53)(H,47,54)/t26-,27-/m0/s1. The van der Waals surface area contributed by atoms with Crippen molar-refractivity contribution in [1.82, 2.24) is 40.0 Å². The Morgan fingerprint density at radius 1 is 0.931 bits per heavy atom. The first-order valence-corrected chi connectivity index (χ1v) is 19.9. The third kappa shape index (κ3) is 8.83. The number of nitrogens with zero attached hydrogens (tertiary/aromatic N) is 5. The number of benzene rings is 2. The van der Waals surface area contributed by atoms with Crippen molar-refractivity contribution in [2.45, 2.75) is 77.2 Å². The minimum Gasteiger partial charge on any atom is -0.481 e. The number of amides is 3. The van der Waals surface area contributed by atoms with Crippen LogP contribution in [0.1, 0.15) is 57.8 Å². The lowest BCUT2D eigenvalue weighted by molar-refractivity contribution is -0.120. The van der Waals surface area contributed by atoms with Gasteiger partial charge in [0.2, 0.25) is 17.7 Å². The number of hydrogen-bond acceptors (Lipinski definition) is 9. The Morgan fingerprint density at radius 3 is 2.21 bits per heavy atom. The van der Waals surface area contributed by atoms with Crippen molar-refractivity contribution in [3.63, 3.8) is 0 Å². The van der Waals surface area contributed by atoms with E-state index in [0.717, 1.165) is 6.42 Å². The van der Waals surface area contributed by atoms with Crippen LogP contribution in [-0.2, 0) is 34.5 Å². The fourth-order valence-electron chi connectivity index (χ4n) is 7.30. The largest absolute Gasteiger partial charge is 0.481 e. The number of halogens is 2. The van der Waals surface area contributed by atoms with E-state index in [0.29, 0.717) is 98.7 Å². The van der Waals surface area contributed by atoms with Crippen LogP contribution in [0, 0.1) is 0 Å². The minimum absolute atomic E-state index is 0.0417. The maximum atomic E-state index is 13.4. The molecule has 0 unspecified atom stereocenters. The number of ether oxygens (including phenoxy) is 2. The van der Waals surface area contributed by atoms with Gasteiger partial charge in [-0.25, -0.2) is 14.3 Å². The van der Waals surface area contributed by atoms with Crippen molar-refractivity contribution in [1.29, 1.82) is 0 Å². The number of pyridine rings is 1. The molecule has 58 heavy (non-hydrogen) atoms. The lowest BCUT2D eigenvalue weighted by Gasteiger charge is -2.29. The molecule has 3 N–H and O–H groups in total. The van der Waals surface area contributed by atoms with E-state index in [1.54, 1.807) is 49.5 Å². The lowest BCUT2D eigenvalue weighted by Crippen LogP contribution is -2.43. The van der Waals surface area contributed by atoms with Gasteiger partial charge in [0.1, 0.15) is 16.9 Å². The average molecular weight is 830 g/mol. The van der Waals surface area contributed by atoms with E-state index in [4.69, 9.17) is 42.8 Å². The number of fused-ring (bicyclic) bond motifs is 1. The number of hydrogen-bond donors (Lipinski definition) is 3. The highest BCUT2D eigenvalue weighted by molar-refractivity contribution is 6.39. The summed E-state index contributed by atoms with van der Waals surface area (Å²) in [5.74, 6) is 0.866. The molecule has 2 aliphatic rings. The molecule has 2 saturated heterocycles. The molecule has 0 spiro atoms. The highest BCUT2D eigenvalue weighted by Crippen LogP contribution is 2.42. The normalized spacial score (nSPS) is 16.7. The number of carbonyl (C=O) groups excluding carboxylic acids is 3. The molecule has 0 radical (unpaired) electrons. The summed E-state index contributed by atoms with van der Waals surface area (Å²) in [6.07, 6.45) is 3.60. The molecule has 2 aliphatic heterocycles. The first kappa shape index (κ1) is 40.7. The molecule has 304 valence electrons. The highest BCUT2D eigenvalue weighted by atomic mass is 35.5. The van der Waals surface area contributed by atoms with Crippen LogP contribution in [0.3, 0.4) is 0 Å². The summed E-state index contributed by atoms with van der Waals surface area (Å²) in [4.78, 5) is 56.6. The number of aromatic nitrogens is 4. The molecule has 0 aliphatic carbocycles. The Labute approximate surface area is 345 Å². The van der Waals surface area contributed by atoms with Crippen molar-refractivity contribution < 1.29 is 23.9 Å². The Morgan fingerprint density at radius 2 is 1.57 bits per heavy atom. The van der Waals surface area contributed by atoms with E-state index in [2.05, 4.69) is 16.0 Å². The molecule has 2 atom stereocenters. The van der Waals surface area contributed by atoms with Gasteiger partial charge in [0.15, 0.2) is 0 Å². The predicted octanol–water partition coefficient (Wildman–Crippen LogP) is 6.13. The van der Waals surface area contributed by atoms with E-state index in [1.165, 1.54) is 11.7 Å². The Kier molecular flexibility index (Phi) is 11.8. The van der Waals surface area contributed by atoms with Crippen LogP contribution in [0.2, 0.25) is 10.0 Å². The molecule has 5 aromatic rings.